The third-order valence-corrected chi connectivity index (χ3v) is 4.48. The van der Waals surface area contributed by atoms with E-state index in [4.69, 9.17) is 5.73 Å². The van der Waals surface area contributed by atoms with Gasteiger partial charge < -0.3 is 5.73 Å². The standard InChI is InChI=1S/C20H30N2O2S/c1-15(8-6-9-16(2)14-19(21)22-24-25-23)11-12-18-17(3)10-7-13-20(18,4)5/h6,8-9,11-12,14,25H,7,10,13H2,1-5H3,(H2,21,22)/b9-6+,12-11+,15-8+,16-14+. The van der Waals surface area contributed by atoms with Crippen molar-refractivity contribution >= 4 is 17.8 Å². The Morgan fingerprint density at radius 2 is 2.00 bits per heavy atom. The van der Waals surface area contributed by atoms with E-state index in [1.54, 1.807) is 6.08 Å². The van der Waals surface area contributed by atoms with E-state index in [2.05, 4.69) is 55.4 Å². The average Bonchev–Trinajstić information content (AvgIpc) is 2.51. The van der Waals surface area contributed by atoms with Gasteiger partial charge in [0.15, 0.2) is 5.84 Å². The monoisotopic (exact) mass is 362 g/mol. The summed E-state index contributed by atoms with van der Waals surface area (Å²) in [4.78, 5) is 0. The minimum absolute atomic E-state index is 0.174. The van der Waals surface area contributed by atoms with Crippen LogP contribution in [-0.2, 0) is 16.2 Å². The van der Waals surface area contributed by atoms with Crippen LogP contribution in [0.5, 0.6) is 0 Å². The van der Waals surface area contributed by atoms with Gasteiger partial charge in [-0.1, -0.05) is 60.5 Å². The largest absolute Gasteiger partial charge is 0.381 e. The number of rotatable bonds is 7. The van der Waals surface area contributed by atoms with E-state index in [0.29, 0.717) is 0 Å². The molecule has 0 saturated heterocycles. The number of oxime groups is 1. The van der Waals surface area contributed by atoms with Crippen LogP contribution in [0.1, 0.15) is 53.9 Å². The first kappa shape index (κ1) is 21.2. The average molecular weight is 363 g/mol. The second-order valence-electron chi connectivity index (χ2n) is 7.10. The zero-order chi connectivity index (χ0) is 18.9. The molecule has 0 aromatic rings. The second kappa shape index (κ2) is 10.2. The first-order valence-corrected chi connectivity index (χ1v) is 9.23. The Kier molecular flexibility index (Phi) is 8.62. The van der Waals surface area contributed by atoms with Gasteiger partial charge in [-0.2, -0.15) is 0 Å². The molecule has 0 heterocycles. The molecule has 0 spiro atoms. The van der Waals surface area contributed by atoms with Gasteiger partial charge in [0.1, 0.15) is 0 Å². The molecule has 0 aromatic heterocycles. The third kappa shape index (κ3) is 7.69. The maximum Gasteiger partial charge on any atom is 0.220 e. The number of allylic oxidation sites excluding steroid dienone is 9. The van der Waals surface area contributed by atoms with Crippen molar-refractivity contribution in [2.75, 3.05) is 0 Å². The summed E-state index contributed by atoms with van der Waals surface area (Å²) in [6.45, 7) is 10.9. The molecule has 0 unspecified atom stereocenters. The minimum Gasteiger partial charge on any atom is -0.381 e. The van der Waals surface area contributed by atoms with Crippen molar-refractivity contribution in [2.45, 2.75) is 53.9 Å². The SMILES string of the molecule is CC1=C(/C=C/C(C)=C/C=C/C(C)=C/C(N)=N/O[SH]=O)C(C)(C)CCC1. The maximum absolute atomic E-state index is 10.1. The molecule has 0 fully saturated rings. The van der Waals surface area contributed by atoms with E-state index in [-0.39, 0.29) is 11.3 Å². The second-order valence-corrected chi connectivity index (χ2v) is 7.41. The lowest BCUT2D eigenvalue weighted by Gasteiger charge is -2.32. The number of hydrogen-bond donors (Lipinski definition) is 2. The number of nitrogens with two attached hydrogens (primary N) is 1. The van der Waals surface area contributed by atoms with Crippen LogP contribution in [0.3, 0.4) is 0 Å². The van der Waals surface area contributed by atoms with Gasteiger partial charge in [0.2, 0.25) is 11.9 Å². The van der Waals surface area contributed by atoms with Crippen molar-refractivity contribution in [2.24, 2.45) is 16.3 Å². The Morgan fingerprint density at radius 3 is 2.64 bits per heavy atom. The van der Waals surface area contributed by atoms with Crippen LogP contribution in [-0.4, -0.2) is 10.0 Å². The molecule has 0 atom stereocenters. The molecular formula is C20H30N2O2S. The van der Waals surface area contributed by atoms with Gasteiger partial charge in [-0.05, 0) is 62.7 Å². The zero-order valence-corrected chi connectivity index (χ0v) is 16.8. The molecule has 1 aliphatic carbocycles. The molecule has 0 aromatic carbocycles. The topological polar surface area (TPSA) is 64.7 Å². The van der Waals surface area contributed by atoms with Gasteiger partial charge in [0.05, 0.1) is 0 Å². The van der Waals surface area contributed by atoms with Crippen LogP contribution in [0, 0.1) is 5.41 Å². The van der Waals surface area contributed by atoms with Gasteiger partial charge >= 0.3 is 0 Å². The fourth-order valence-electron chi connectivity index (χ4n) is 3.00. The quantitative estimate of drug-likeness (QED) is 0.227. The smallest absolute Gasteiger partial charge is 0.220 e. The van der Waals surface area contributed by atoms with Gasteiger partial charge in [-0.25, -0.2) is 4.21 Å². The highest BCUT2D eigenvalue weighted by atomic mass is 32.2. The van der Waals surface area contributed by atoms with Crippen LogP contribution < -0.4 is 5.73 Å². The predicted octanol–water partition coefficient (Wildman–Crippen LogP) is 4.67. The molecule has 1 rings (SSSR count). The number of hydrogen-bond acceptors (Lipinski definition) is 3. The summed E-state index contributed by atoms with van der Waals surface area (Å²) in [6.07, 6.45) is 15.8. The fourth-order valence-corrected chi connectivity index (χ4v) is 3.13. The number of thiol groups is 1. The summed E-state index contributed by atoms with van der Waals surface area (Å²) in [5.41, 5.74) is 10.9. The van der Waals surface area contributed by atoms with E-state index >= 15 is 0 Å². The van der Waals surface area contributed by atoms with Crippen molar-refractivity contribution in [1.29, 1.82) is 0 Å². The summed E-state index contributed by atoms with van der Waals surface area (Å²) >= 11 is -0.518. The molecule has 0 amide bonds. The van der Waals surface area contributed by atoms with Crippen molar-refractivity contribution in [3.8, 4) is 0 Å². The molecular weight excluding hydrogens is 332 g/mol. The minimum atomic E-state index is -0.518. The Labute approximate surface area is 155 Å². The molecule has 0 radical (unpaired) electrons. The molecule has 1 aliphatic rings. The summed E-state index contributed by atoms with van der Waals surface area (Å²) < 4.78 is 14.5. The van der Waals surface area contributed by atoms with Crippen molar-refractivity contribution < 1.29 is 8.49 Å². The Hall–Kier alpha value is -1.88. The van der Waals surface area contributed by atoms with Crippen molar-refractivity contribution in [3.05, 3.63) is 58.7 Å². The molecule has 0 saturated carbocycles. The highest BCUT2D eigenvalue weighted by molar-refractivity contribution is 7.60. The first-order valence-electron chi connectivity index (χ1n) is 8.50. The van der Waals surface area contributed by atoms with E-state index in [1.807, 2.05) is 19.1 Å². The van der Waals surface area contributed by atoms with Crippen LogP contribution in [0.4, 0.5) is 0 Å². The molecule has 25 heavy (non-hydrogen) atoms. The van der Waals surface area contributed by atoms with Crippen LogP contribution in [0.15, 0.2) is 63.9 Å². The van der Waals surface area contributed by atoms with Gasteiger partial charge in [0, 0.05) is 0 Å². The van der Waals surface area contributed by atoms with Gasteiger partial charge in [0.25, 0.3) is 0 Å². The Balaban J connectivity index is 2.75. The Bertz CT molecular complexity index is 665. The fraction of sp³-hybridized carbons (Fsp3) is 0.450. The predicted molar refractivity (Wildman–Crippen MR) is 108 cm³/mol. The summed E-state index contributed by atoms with van der Waals surface area (Å²) in [5.74, 6) is 0.174. The highest BCUT2D eigenvalue weighted by Gasteiger charge is 2.26. The van der Waals surface area contributed by atoms with Crippen molar-refractivity contribution in [1.82, 2.24) is 0 Å². The lowest BCUT2D eigenvalue weighted by molar-refractivity contribution is 0.377. The highest BCUT2D eigenvalue weighted by Crippen LogP contribution is 2.40. The third-order valence-electron chi connectivity index (χ3n) is 4.33. The van der Waals surface area contributed by atoms with Crippen LogP contribution in [0.2, 0.25) is 0 Å². The lowest BCUT2D eigenvalue weighted by Crippen LogP contribution is -2.19. The zero-order valence-electron chi connectivity index (χ0n) is 15.9. The number of nitrogens with zero attached hydrogens (tertiary/aromatic N) is 1. The summed E-state index contributed by atoms with van der Waals surface area (Å²) in [6, 6.07) is 0. The Morgan fingerprint density at radius 1 is 1.28 bits per heavy atom. The summed E-state index contributed by atoms with van der Waals surface area (Å²) in [7, 11) is 0. The molecule has 4 nitrogen and oxygen atoms in total. The van der Waals surface area contributed by atoms with E-state index < -0.39 is 11.9 Å². The summed E-state index contributed by atoms with van der Waals surface area (Å²) in [5, 5.41) is 3.46. The van der Waals surface area contributed by atoms with Crippen molar-refractivity contribution in [3.63, 3.8) is 0 Å². The lowest BCUT2D eigenvalue weighted by atomic mass is 9.72. The molecule has 0 bridgehead atoms. The normalized spacial score (nSPS) is 20.0. The molecule has 0 aliphatic heterocycles. The number of amidine groups is 1. The van der Waals surface area contributed by atoms with Gasteiger partial charge in [-0.3, -0.25) is 4.28 Å². The van der Waals surface area contributed by atoms with Gasteiger partial charge in [-0.15, -0.1) is 0 Å². The maximum atomic E-state index is 10.1. The van der Waals surface area contributed by atoms with E-state index in [1.165, 1.54) is 36.0 Å². The van der Waals surface area contributed by atoms with Crippen LogP contribution >= 0.6 is 0 Å². The first-order chi connectivity index (χ1) is 11.8. The molecule has 5 heteroatoms. The van der Waals surface area contributed by atoms with Crippen LogP contribution in [0.25, 0.3) is 0 Å². The molecule has 2 N–H and O–H groups in total. The van der Waals surface area contributed by atoms with E-state index in [9.17, 15) is 4.21 Å². The van der Waals surface area contributed by atoms with E-state index in [0.717, 1.165) is 5.57 Å². The molecule has 138 valence electrons.